The number of hydrogen-bond acceptors (Lipinski definition) is 9. The van der Waals surface area contributed by atoms with Gasteiger partial charge in [-0.2, -0.15) is 18.2 Å². The molecule has 0 radical (unpaired) electrons. The number of nitrogens with one attached hydrogen (secondary N) is 1. The van der Waals surface area contributed by atoms with Crippen molar-refractivity contribution in [3.8, 4) is 17.1 Å². The summed E-state index contributed by atoms with van der Waals surface area (Å²) in [4.78, 5) is 35.0. The minimum atomic E-state index is -4.43. The number of anilines is 1. The number of halogens is 3. The highest BCUT2D eigenvalue weighted by molar-refractivity contribution is 7.92. The summed E-state index contributed by atoms with van der Waals surface area (Å²) in [5.41, 5.74) is 2.27. The molecule has 3 atom stereocenters. The number of rotatable bonds is 5. The Hall–Kier alpha value is -5.09. The molecule has 2 aliphatic heterocycles. The van der Waals surface area contributed by atoms with Crippen LogP contribution in [0.1, 0.15) is 84.9 Å². The zero-order chi connectivity index (χ0) is 39.7. The van der Waals surface area contributed by atoms with Crippen molar-refractivity contribution in [2.45, 2.75) is 101 Å². The van der Waals surface area contributed by atoms with Crippen LogP contribution in [-0.4, -0.2) is 74.8 Å². The second kappa shape index (κ2) is 13.8. The van der Waals surface area contributed by atoms with Gasteiger partial charge >= 0.3 is 6.18 Å². The van der Waals surface area contributed by atoms with E-state index in [1.54, 1.807) is 24.1 Å². The van der Waals surface area contributed by atoms with Crippen LogP contribution in [0.2, 0.25) is 0 Å². The number of benzene rings is 2. The molecule has 5 heterocycles. The van der Waals surface area contributed by atoms with Crippen molar-refractivity contribution in [1.29, 1.82) is 0 Å². The molecule has 1 unspecified atom stereocenters. The number of hydrogen-bond donors (Lipinski definition) is 1. The normalized spacial score (nSPS) is 21.9. The molecule has 1 N–H and O–H groups in total. The number of aryl methyl sites for hydroxylation is 3. The summed E-state index contributed by atoms with van der Waals surface area (Å²) in [7, 11) is -2.75. The summed E-state index contributed by atoms with van der Waals surface area (Å²) in [6.07, 6.45) is -2.13. The van der Waals surface area contributed by atoms with Gasteiger partial charge < -0.3 is 18.9 Å². The molecule has 12 nitrogen and oxygen atoms in total. The molecule has 3 aromatic heterocycles. The van der Waals surface area contributed by atoms with E-state index in [9.17, 15) is 21.6 Å². The minimum Gasteiger partial charge on any atom is -0.475 e. The second-order valence-electron chi connectivity index (χ2n) is 15.2. The van der Waals surface area contributed by atoms with Gasteiger partial charge in [0.15, 0.2) is 5.65 Å². The van der Waals surface area contributed by atoms with E-state index < -0.39 is 45.7 Å². The Labute approximate surface area is 322 Å². The SMILES string of the molecule is Cc1cccc(C)c1-c1cc2nc(n1)NS(=O)(=O)c1cccc(c1)C(=O)N1C(c3cnc4cc(C5(C(F)(F)F)CC5)n(C)c4n3)CCC[C@@H](OC(C)C)[C@@H]1CO2. The Morgan fingerprint density at radius 2 is 1.73 bits per heavy atom. The molecule has 56 heavy (non-hydrogen) atoms. The molecule has 3 aliphatic rings. The number of carbonyl (C=O) groups excluding carboxylic acids is 1. The molecule has 1 saturated carbocycles. The van der Waals surface area contributed by atoms with Gasteiger partial charge in [0.2, 0.25) is 11.8 Å². The minimum absolute atomic E-state index is 0.0124. The van der Waals surface area contributed by atoms with E-state index in [0.717, 1.165) is 16.7 Å². The number of amides is 1. The third-order valence-corrected chi connectivity index (χ3v) is 12.4. The van der Waals surface area contributed by atoms with Crippen molar-refractivity contribution >= 4 is 33.0 Å². The molecule has 0 spiro atoms. The first-order valence-corrected chi connectivity index (χ1v) is 20.1. The maximum Gasteiger partial charge on any atom is 0.399 e. The predicted molar refractivity (Wildman–Crippen MR) is 202 cm³/mol. The number of ether oxygens (including phenoxy) is 2. The van der Waals surface area contributed by atoms with Crippen molar-refractivity contribution in [2.75, 3.05) is 11.3 Å². The van der Waals surface area contributed by atoms with Gasteiger partial charge in [-0.25, -0.2) is 23.1 Å². The fraction of sp³-hybridized carbons (Fsp3) is 0.425. The summed E-state index contributed by atoms with van der Waals surface area (Å²) in [6.45, 7) is 7.57. The van der Waals surface area contributed by atoms with Gasteiger partial charge in [-0.1, -0.05) is 24.3 Å². The van der Waals surface area contributed by atoms with Crippen molar-refractivity contribution < 1.29 is 35.9 Å². The molecule has 16 heteroatoms. The van der Waals surface area contributed by atoms with E-state index in [4.69, 9.17) is 14.5 Å². The molecule has 8 rings (SSSR count). The van der Waals surface area contributed by atoms with E-state index in [0.29, 0.717) is 36.2 Å². The van der Waals surface area contributed by atoms with Gasteiger partial charge in [0.25, 0.3) is 15.9 Å². The number of sulfonamides is 1. The van der Waals surface area contributed by atoms with Gasteiger partial charge in [-0.15, -0.1) is 0 Å². The Kier molecular flexibility index (Phi) is 9.34. The first-order valence-electron chi connectivity index (χ1n) is 18.7. The van der Waals surface area contributed by atoms with Crippen molar-refractivity contribution in [3.05, 3.63) is 88.9 Å². The largest absolute Gasteiger partial charge is 0.475 e. The zero-order valence-electron chi connectivity index (χ0n) is 31.6. The highest BCUT2D eigenvalue weighted by atomic mass is 32.2. The van der Waals surface area contributed by atoms with Crippen LogP contribution in [0.4, 0.5) is 19.1 Å². The lowest BCUT2D eigenvalue weighted by Crippen LogP contribution is -2.52. The van der Waals surface area contributed by atoms with Gasteiger partial charge in [-0.3, -0.25) is 9.78 Å². The average molecular weight is 790 g/mol. The van der Waals surface area contributed by atoms with Gasteiger partial charge in [0.05, 0.1) is 46.8 Å². The lowest BCUT2D eigenvalue weighted by molar-refractivity contribution is -0.162. The summed E-state index contributed by atoms with van der Waals surface area (Å²) >= 11 is 0. The standard InChI is InChI=1S/C40H42F3N7O5S/c1-22(2)55-32-14-8-13-30(29-20-44-28-18-33(49(5)36(28)45-29)39(15-16-39)40(41,42)43)50-31(32)21-54-34-19-27(35-23(3)9-6-10-24(35)4)46-38(47-34)48-56(52,53)26-12-7-11-25(17-26)37(50)51/h6-7,9-12,17-20,22,30-32H,8,13-16,21H2,1-5H3,(H,46,47,48)/t30?,31-,32+/m0/s1. The Morgan fingerprint density at radius 3 is 2.43 bits per heavy atom. The fourth-order valence-corrected chi connectivity index (χ4v) is 9.23. The van der Waals surface area contributed by atoms with Crippen LogP contribution in [0.3, 0.4) is 0 Å². The molecule has 1 amide bonds. The first-order chi connectivity index (χ1) is 26.6. The lowest BCUT2D eigenvalue weighted by Gasteiger charge is -2.39. The molecular weight excluding hydrogens is 748 g/mol. The van der Waals surface area contributed by atoms with Crippen LogP contribution >= 0.6 is 0 Å². The highest BCUT2D eigenvalue weighted by Crippen LogP contribution is 2.59. The Balaban J connectivity index is 1.29. The summed E-state index contributed by atoms with van der Waals surface area (Å²) in [5.74, 6) is -0.628. The maximum atomic E-state index is 15.0. The van der Waals surface area contributed by atoms with Gasteiger partial charge in [-0.05, 0) is 95.2 Å². The van der Waals surface area contributed by atoms with Crippen LogP contribution in [0.25, 0.3) is 22.4 Å². The molecule has 1 aliphatic carbocycles. The van der Waals surface area contributed by atoms with Crippen molar-refractivity contribution in [1.82, 2.24) is 29.4 Å². The molecule has 5 aromatic rings. The average Bonchev–Trinajstić information content (AvgIpc) is 3.92. The first kappa shape index (κ1) is 37.8. The molecular formula is C40H42F3N7O5S. The zero-order valence-corrected chi connectivity index (χ0v) is 32.4. The topological polar surface area (TPSA) is 141 Å². The number of alkyl halides is 3. The summed E-state index contributed by atoms with van der Waals surface area (Å²) in [5, 5.41) is 0. The highest BCUT2D eigenvalue weighted by Gasteiger charge is 2.65. The number of carbonyl (C=O) groups is 1. The number of aromatic nitrogens is 5. The molecule has 2 fully saturated rings. The molecule has 4 bridgehead atoms. The quantitative estimate of drug-likeness (QED) is 0.193. The fourth-order valence-electron chi connectivity index (χ4n) is 8.24. The van der Waals surface area contributed by atoms with Gasteiger partial charge in [0.1, 0.15) is 17.5 Å². The smallest absolute Gasteiger partial charge is 0.399 e. The summed E-state index contributed by atoms with van der Waals surface area (Å²) < 4.78 is 87.4. The van der Waals surface area contributed by atoms with Crippen LogP contribution in [0, 0.1) is 13.8 Å². The Morgan fingerprint density at radius 1 is 1.00 bits per heavy atom. The second-order valence-corrected chi connectivity index (χ2v) is 16.9. The summed E-state index contributed by atoms with van der Waals surface area (Å²) in [6, 6.07) is 13.1. The van der Waals surface area contributed by atoms with Crippen molar-refractivity contribution in [2.24, 2.45) is 7.05 Å². The van der Waals surface area contributed by atoms with Gasteiger partial charge in [0, 0.05) is 29.9 Å². The lowest BCUT2D eigenvalue weighted by atomic mass is 10.00. The third kappa shape index (κ3) is 6.65. The number of fused-ring (bicyclic) bond motifs is 6. The van der Waals surface area contributed by atoms with Crippen molar-refractivity contribution in [3.63, 3.8) is 0 Å². The molecule has 1 saturated heterocycles. The van der Waals surface area contributed by atoms with E-state index in [2.05, 4.69) is 19.7 Å². The molecule has 2 aromatic carbocycles. The van der Waals surface area contributed by atoms with E-state index in [1.807, 2.05) is 45.9 Å². The van der Waals surface area contributed by atoms with Crippen LogP contribution in [-0.2, 0) is 27.2 Å². The maximum absolute atomic E-state index is 15.0. The monoisotopic (exact) mass is 789 g/mol. The van der Waals surface area contributed by atoms with E-state index in [1.165, 1.54) is 35.0 Å². The van der Waals surface area contributed by atoms with E-state index >= 15 is 4.79 Å². The van der Waals surface area contributed by atoms with Crippen LogP contribution in [0.5, 0.6) is 5.88 Å². The van der Waals surface area contributed by atoms with Crippen LogP contribution in [0.15, 0.2) is 65.7 Å². The molecule has 294 valence electrons. The van der Waals surface area contributed by atoms with E-state index in [-0.39, 0.29) is 59.2 Å². The third-order valence-electron chi connectivity index (χ3n) is 11.1. The van der Waals surface area contributed by atoms with Crippen LogP contribution < -0.4 is 9.46 Å². The Bertz CT molecular complexity index is 2450. The number of nitrogens with zero attached hydrogens (tertiary/aromatic N) is 6. The predicted octanol–water partition coefficient (Wildman–Crippen LogP) is 7.36.